The first-order valence-corrected chi connectivity index (χ1v) is 9.27. The smallest absolute Gasteiger partial charge is 0.313 e. The van der Waals surface area contributed by atoms with Crippen LogP contribution < -0.4 is 16.0 Å². The number of rotatable bonds is 6. The Labute approximate surface area is 164 Å². The number of amides is 2. The first-order chi connectivity index (χ1) is 13.7. The van der Waals surface area contributed by atoms with Crippen molar-refractivity contribution >= 4 is 23.3 Å². The summed E-state index contributed by atoms with van der Waals surface area (Å²) in [4.78, 5) is 30.9. The molecule has 148 valence electrons. The molecule has 1 aliphatic heterocycles. The van der Waals surface area contributed by atoms with Gasteiger partial charge in [0.25, 0.3) is 0 Å². The van der Waals surface area contributed by atoms with Crippen LogP contribution in [0.3, 0.4) is 0 Å². The summed E-state index contributed by atoms with van der Waals surface area (Å²) in [5.41, 5.74) is 1.56. The fourth-order valence-electron chi connectivity index (χ4n) is 3.10. The summed E-state index contributed by atoms with van der Waals surface area (Å²) < 4.78 is 5.43. The molecule has 1 atom stereocenters. The standard InChI is InChI=1S/C20H25N5O3/c1-21-18-8-7-16(13-22-18)24-20(27)19(26)23-14-17(15-5-3-2-4-6-15)25-9-11-28-12-10-25/h2-8,13,17H,9-12,14H2,1H3,(H,21,22)(H,23,26)(H,24,27). The lowest BCUT2D eigenvalue weighted by Gasteiger charge is -2.34. The van der Waals surface area contributed by atoms with Crippen LogP contribution in [0.25, 0.3) is 0 Å². The van der Waals surface area contributed by atoms with Crippen LogP contribution in [0.2, 0.25) is 0 Å². The molecule has 2 heterocycles. The Morgan fingerprint density at radius 2 is 1.86 bits per heavy atom. The number of carbonyl (C=O) groups excluding carboxylic acids is 2. The molecule has 8 nitrogen and oxygen atoms in total. The van der Waals surface area contributed by atoms with E-state index >= 15 is 0 Å². The molecule has 0 saturated carbocycles. The van der Waals surface area contributed by atoms with Gasteiger partial charge in [-0.1, -0.05) is 30.3 Å². The molecule has 28 heavy (non-hydrogen) atoms. The highest BCUT2D eigenvalue weighted by molar-refractivity contribution is 6.39. The van der Waals surface area contributed by atoms with Crippen LogP contribution in [0.15, 0.2) is 48.7 Å². The number of ether oxygens (including phenoxy) is 1. The molecule has 8 heteroatoms. The summed E-state index contributed by atoms with van der Waals surface area (Å²) in [6.45, 7) is 3.23. The van der Waals surface area contributed by atoms with Crippen LogP contribution in [0.5, 0.6) is 0 Å². The molecule has 1 aromatic heterocycles. The van der Waals surface area contributed by atoms with Gasteiger partial charge in [0.2, 0.25) is 0 Å². The third kappa shape index (κ3) is 5.28. The van der Waals surface area contributed by atoms with E-state index in [0.717, 1.165) is 18.7 Å². The van der Waals surface area contributed by atoms with Gasteiger partial charge >= 0.3 is 11.8 Å². The van der Waals surface area contributed by atoms with Crippen LogP contribution in [0.4, 0.5) is 11.5 Å². The van der Waals surface area contributed by atoms with Gasteiger partial charge < -0.3 is 20.7 Å². The van der Waals surface area contributed by atoms with Gasteiger partial charge in [-0.05, 0) is 17.7 Å². The lowest BCUT2D eigenvalue weighted by atomic mass is 10.0. The minimum atomic E-state index is -0.715. The molecule has 0 radical (unpaired) electrons. The van der Waals surface area contributed by atoms with Gasteiger partial charge in [-0.2, -0.15) is 0 Å². The van der Waals surface area contributed by atoms with Crippen molar-refractivity contribution in [1.29, 1.82) is 0 Å². The average Bonchev–Trinajstić information content (AvgIpc) is 2.76. The lowest BCUT2D eigenvalue weighted by Crippen LogP contribution is -2.45. The van der Waals surface area contributed by atoms with Crippen LogP contribution in [0.1, 0.15) is 11.6 Å². The normalized spacial score (nSPS) is 15.5. The maximum atomic E-state index is 12.3. The highest BCUT2D eigenvalue weighted by Crippen LogP contribution is 2.21. The van der Waals surface area contributed by atoms with E-state index in [2.05, 4.69) is 25.8 Å². The van der Waals surface area contributed by atoms with Crippen LogP contribution >= 0.6 is 0 Å². The molecule has 2 amide bonds. The van der Waals surface area contributed by atoms with Crippen molar-refractivity contribution in [3.63, 3.8) is 0 Å². The Morgan fingerprint density at radius 1 is 1.11 bits per heavy atom. The zero-order chi connectivity index (χ0) is 19.8. The maximum Gasteiger partial charge on any atom is 0.313 e. The van der Waals surface area contributed by atoms with E-state index in [9.17, 15) is 9.59 Å². The Hall–Kier alpha value is -2.97. The van der Waals surface area contributed by atoms with Crippen molar-refractivity contribution in [1.82, 2.24) is 15.2 Å². The molecule has 3 N–H and O–H groups in total. The fraction of sp³-hybridized carbons (Fsp3) is 0.350. The van der Waals surface area contributed by atoms with Gasteiger partial charge in [-0.25, -0.2) is 4.98 Å². The van der Waals surface area contributed by atoms with E-state index in [-0.39, 0.29) is 6.04 Å². The number of anilines is 2. The van der Waals surface area contributed by atoms with Crippen molar-refractivity contribution < 1.29 is 14.3 Å². The van der Waals surface area contributed by atoms with Crippen LogP contribution in [0, 0.1) is 0 Å². The molecule has 0 spiro atoms. The summed E-state index contributed by atoms with van der Waals surface area (Å²) in [6.07, 6.45) is 1.50. The van der Waals surface area contributed by atoms with Gasteiger partial charge in [0.1, 0.15) is 5.82 Å². The van der Waals surface area contributed by atoms with Crippen molar-refractivity contribution in [3.8, 4) is 0 Å². The maximum absolute atomic E-state index is 12.3. The number of carbonyl (C=O) groups is 2. The van der Waals surface area contributed by atoms with E-state index in [1.54, 1.807) is 19.2 Å². The topological polar surface area (TPSA) is 95.6 Å². The summed E-state index contributed by atoms with van der Waals surface area (Å²) in [6, 6.07) is 13.3. The first-order valence-electron chi connectivity index (χ1n) is 9.27. The highest BCUT2D eigenvalue weighted by atomic mass is 16.5. The number of pyridine rings is 1. The minimum Gasteiger partial charge on any atom is -0.379 e. The monoisotopic (exact) mass is 383 g/mol. The first kappa shape index (κ1) is 19.8. The SMILES string of the molecule is CNc1ccc(NC(=O)C(=O)NCC(c2ccccc2)N2CCOCC2)cn1. The van der Waals surface area contributed by atoms with Gasteiger partial charge in [-0.3, -0.25) is 14.5 Å². The molecule has 0 bridgehead atoms. The summed E-state index contributed by atoms with van der Waals surface area (Å²) in [7, 11) is 1.76. The molecule has 3 rings (SSSR count). The largest absolute Gasteiger partial charge is 0.379 e. The lowest BCUT2D eigenvalue weighted by molar-refractivity contribution is -0.136. The minimum absolute atomic E-state index is 0.0153. The molecular weight excluding hydrogens is 358 g/mol. The number of nitrogens with one attached hydrogen (secondary N) is 3. The zero-order valence-corrected chi connectivity index (χ0v) is 15.9. The van der Waals surface area contributed by atoms with Crippen molar-refractivity contribution in [2.24, 2.45) is 0 Å². The number of benzene rings is 1. The predicted octanol–water partition coefficient (Wildman–Crippen LogP) is 1.25. The number of hydrogen-bond donors (Lipinski definition) is 3. The number of nitrogens with zero attached hydrogens (tertiary/aromatic N) is 2. The Morgan fingerprint density at radius 3 is 2.50 bits per heavy atom. The Bertz CT molecular complexity index is 776. The average molecular weight is 383 g/mol. The van der Waals surface area contributed by atoms with Gasteiger partial charge in [0, 0.05) is 26.7 Å². The van der Waals surface area contributed by atoms with Crippen molar-refractivity contribution in [3.05, 3.63) is 54.2 Å². The fourth-order valence-corrected chi connectivity index (χ4v) is 3.10. The molecule has 2 aromatic rings. The molecule has 1 aromatic carbocycles. The van der Waals surface area contributed by atoms with Gasteiger partial charge in [0.15, 0.2) is 0 Å². The zero-order valence-electron chi connectivity index (χ0n) is 15.9. The van der Waals surface area contributed by atoms with Gasteiger partial charge in [-0.15, -0.1) is 0 Å². The summed E-state index contributed by atoms with van der Waals surface area (Å²) >= 11 is 0. The number of morpholine rings is 1. The van der Waals surface area contributed by atoms with Crippen molar-refractivity contribution in [2.75, 3.05) is 50.5 Å². The van der Waals surface area contributed by atoms with Gasteiger partial charge in [0.05, 0.1) is 31.1 Å². The Balaban J connectivity index is 1.59. The number of aromatic nitrogens is 1. The summed E-state index contributed by atoms with van der Waals surface area (Å²) in [5.74, 6) is -0.710. The molecule has 1 saturated heterocycles. The Kier molecular flexibility index (Phi) is 6.94. The van der Waals surface area contributed by atoms with Crippen LogP contribution in [-0.4, -0.2) is 61.6 Å². The second kappa shape index (κ2) is 9.82. The van der Waals surface area contributed by atoms with E-state index < -0.39 is 11.8 Å². The second-order valence-electron chi connectivity index (χ2n) is 6.42. The van der Waals surface area contributed by atoms with E-state index in [1.165, 1.54) is 6.20 Å². The van der Waals surface area contributed by atoms with E-state index in [1.807, 2.05) is 30.3 Å². The highest BCUT2D eigenvalue weighted by Gasteiger charge is 2.24. The quantitative estimate of drug-likeness (QED) is 0.650. The van der Waals surface area contributed by atoms with E-state index in [4.69, 9.17) is 4.74 Å². The molecular formula is C20H25N5O3. The predicted molar refractivity (Wildman–Crippen MR) is 107 cm³/mol. The second-order valence-corrected chi connectivity index (χ2v) is 6.42. The molecule has 0 aliphatic carbocycles. The van der Waals surface area contributed by atoms with Crippen LogP contribution in [-0.2, 0) is 14.3 Å². The van der Waals surface area contributed by atoms with E-state index in [0.29, 0.717) is 31.3 Å². The van der Waals surface area contributed by atoms with Crippen molar-refractivity contribution in [2.45, 2.75) is 6.04 Å². The third-order valence-electron chi connectivity index (χ3n) is 4.61. The molecule has 1 unspecified atom stereocenters. The molecule has 1 fully saturated rings. The number of hydrogen-bond acceptors (Lipinski definition) is 6. The summed E-state index contributed by atoms with van der Waals surface area (Å²) in [5, 5.41) is 8.21. The molecule has 1 aliphatic rings. The third-order valence-corrected chi connectivity index (χ3v) is 4.61.